The molecule has 8 nitrogen and oxygen atoms in total. The van der Waals surface area contributed by atoms with Gasteiger partial charge in [-0.25, -0.2) is 23.3 Å². The molecule has 0 aliphatic rings. The van der Waals surface area contributed by atoms with Gasteiger partial charge in [0.15, 0.2) is 10.8 Å². The van der Waals surface area contributed by atoms with Crippen LogP contribution in [0, 0.1) is 0 Å². The molecule has 0 aliphatic carbocycles. The molecule has 0 radical (unpaired) electrons. The number of nitrogens with zero attached hydrogens (tertiary/aromatic N) is 3. The number of carboxylic acid groups (broad SMARTS) is 1. The smallest absolute Gasteiger partial charge is 0.355 e. The summed E-state index contributed by atoms with van der Waals surface area (Å²) in [6.45, 7) is 0. The molecule has 0 aliphatic heterocycles. The topological polar surface area (TPSA) is 128 Å². The third-order valence-electron chi connectivity index (χ3n) is 4.25. The predicted molar refractivity (Wildman–Crippen MR) is 104 cm³/mol. The normalized spacial score (nSPS) is 11.8. The van der Waals surface area contributed by atoms with Gasteiger partial charge in [-0.1, -0.05) is 12.1 Å². The zero-order chi connectivity index (χ0) is 19.9. The van der Waals surface area contributed by atoms with E-state index in [1.54, 1.807) is 24.5 Å². The van der Waals surface area contributed by atoms with Crippen molar-refractivity contribution in [1.29, 1.82) is 0 Å². The maximum absolute atomic E-state index is 11.4. The molecule has 4 rings (SSSR count). The number of carbonyl (C=O) groups is 1. The molecule has 0 saturated carbocycles. The number of hydrogen-bond acceptors (Lipinski definition) is 6. The molecular formula is C18H14N4O4S2. The van der Waals surface area contributed by atoms with Crippen LogP contribution in [0.1, 0.15) is 21.6 Å². The average Bonchev–Trinajstić information content (AvgIpc) is 3.27. The van der Waals surface area contributed by atoms with Gasteiger partial charge < -0.3 is 5.11 Å². The first-order valence-corrected chi connectivity index (χ1v) is 10.5. The third-order valence-corrected chi connectivity index (χ3v) is 6.02. The fourth-order valence-corrected chi connectivity index (χ4v) is 4.23. The Morgan fingerprint density at radius 2 is 1.96 bits per heavy atom. The van der Waals surface area contributed by atoms with E-state index in [0.29, 0.717) is 11.6 Å². The van der Waals surface area contributed by atoms with Crippen molar-refractivity contribution in [2.24, 2.45) is 5.14 Å². The minimum absolute atomic E-state index is 0.00367. The lowest BCUT2D eigenvalue weighted by atomic mass is 10.1. The number of thiazole rings is 1. The molecule has 3 aromatic heterocycles. The molecule has 0 atom stereocenters. The number of hydrogen-bond donors (Lipinski definition) is 2. The second-order valence-electron chi connectivity index (χ2n) is 6.10. The summed E-state index contributed by atoms with van der Waals surface area (Å²) >= 11 is 1.24. The van der Waals surface area contributed by atoms with Crippen molar-refractivity contribution >= 4 is 38.2 Å². The molecule has 28 heavy (non-hydrogen) atoms. The molecule has 1 aromatic carbocycles. The minimum atomic E-state index is -3.73. The van der Waals surface area contributed by atoms with E-state index in [1.165, 1.54) is 28.8 Å². The Morgan fingerprint density at radius 3 is 2.61 bits per heavy atom. The van der Waals surface area contributed by atoms with E-state index < -0.39 is 16.0 Å². The van der Waals surface area contributed by atoms with Crippen LogP contribution < -0.4 is 5.14 Å². The number of nitrogens with two attached hydrogens (primary N) is 1. The van der Waals surface area contributed by atoms with E-state index in [9.17, 15) is 13.2 Å². The third kappa shape index (κ3) is 3.40. The van der Waals surface area contributed by atoms with Gasteiger partial charge in [-0.05, 0) is 35.7 Å². The standard InChI is InChI=1S/C18H14N4O4S2/c19-28(25,26)13-3-1-11(2-4-13)7-12-9-22(16-5-6-20-8-14(12)16)18-21-15(10-27-18)17(23)24/h1-6,8-10H,7H2,(H,23,24)(H2,19,25,26). The summed E-state index contributed by atoms with van der Waals surface area (Å²) in [6, 6.07) is 8.21. The Balaban J connectivity index is 1.75. The minimum Gasteiger partial charge on any atom is -0.476 e. The number of aromatic carboxylic acids is 1. The van der Waals surface area contributed by atoms with Gasteiger partial charge in [-0.15, -0.1) is 11.3 Å². The van der Waals surface area contributed by atoms with Gasteiger partial charge >= 0.3 is 5.97 Å². The van der Waals surface area contributed by atoms with Gasteiger partial charge in [0.05, 0.1) is 10.4 Å². The lowest BCUT2D eigenvalue weighted by molar-refractivity contribution is 0.0691. The van der Waals surface area contributed by atoms with Gasteiger partial charge in [-0.2, -0.15) is 0 Å². The summed E-state index contributed by atoms with van der Waals surface area (Å²) in [5.41, 5.74) is 2.72. The van der Waals surface area contributed by atoms with Crippen molar-refractivity contribution < 1.29 is 18.3 Å². The van der Waals surface area contributed by atoms with E-state index in [1.807, 2.05) is 16.8 Å². The van der Waals surface area contributed by atoms with Crippen molar-refractivity contribution in [3.63, 3.8) is 0 Å². The Morgan fingerprint density at radius 1 is 1.21 bits per heavy atom. The number of sulfonamides is 1. The highest BCUT2D eigenvalue weighted by molar-refractivity contribution is 7.89. The highest BCUT2D eigenvalue weighted by Crippen LogP contribution is 2.28. The van der Waals surface area contributed by atoms with Crippen LogP contribution in [0.4, 0.5) is 0 Å². The van der Waals surface area contributed by atoms with Crippen LogP contribution >= 0.6 is 11.3 Å². The van der Waals surface area contributed by atoms with Crippen LogP contribution in [-0.4, -0.2) is 34.0 Å². The van der Waals surface area contributed by atoms with Crippen LogP contribution in [0.2, 0.25) is 0 Å². The Bertz CT molecular complexity index is 1290. The first-order chi connectivity index (χ1) is 13.3. The summed E-state index contributed by atoms with van der Waals surface area (Å²) in [4.78, 5) is 19.5. The molecule has 3 N–H and O–H groups in total. The van der Waals surface area contributed by atoms with Crippen molar-refractivity contribution in [3.05, 3.63) is 71.1 Å². The van der Waals surface area contributed by atoms with Crippen molar-refractivity contribution in [2.75, 3.05) is 0 Å². The SMILES string of the molecule is NS(=O)(=O)c1ccc(Cc2cn(-c3nc(C(=O)O)cs3)c3ccncc23)cc1. The second-order valence-corrected chi connectivity index (χ2v) is 8.50. The molecule has 0 unspecified atom stereocenters. The Labute approximate surface area is 164 Å². The summed E-state index contributed by atoms with van der Waals surface area (Å²) < 4.78 is 24.6. The predicted octanol–water partition coefficient (Wildman–Crippen LogP) is 2.42. The van der Waals surface area contributed by atoms with Crippen LogP contribution in [-0.2, 0) is 16.4 Å². The Hall–Kier alpha value is -3.08. The maximum Gasteiger partial charge on any atom is 0.355 e. The zero-order valence-electron chi connectivity index (χ0n) is 14.3. The van der Waals surface area contributed by atoms with E-state index in [2.05, 4.69) is 9.97 Å². The van der Waals surface area contributed by atoms with Crippen LogP contribution in [0.5, 0.6) is 0 Å². The van der Waals surface area contributed by atoms with E-state index >= 15 is 0 Å². The van der Waals surface area contributed by atoms with E-state index in [4.69, 9.17) is 10.2 Å². The van der Waals surface area contributed by atoms with Gasteiger partial charge in [-0.3, -0.25) is 9.55 Å². The molecule has 0 fully saturated rings. The molecule has 3 heterocycles. The van der Waals surface area contributed by atoms with Gasteiger partial charge in [0.2, 0.25) is 10.0 Å². The monoisotopic (exact) mass is 414 g/mol. The summed E-state index contributed by atoms with van der Waals surface area (Å²) in [6.07, 6.45) is 5.84. The molecule has 0 saturated heterocycles. The van der Waals surface area contributed by atoms with Crippen molar-refractivity contribution in [3.8, 4) is 5.13 Å². The molecule has 142 valence electrons. The summed E-state index contributed by atoms with van der Waals surface area (Å²) in [5.74, 6) is -1.07. The number of fused-ring (bicyclic) bond motifs is 1. The first kappa shape index (κ1) is 18.3. The van der Waals surface area contributed by atoms with Crippen LogP contribution in [0.15, 0.2) is 59.2 Å². The first-order valence-electron chi connectivity index (χ1n) is 8.08. The second kappa shape index (κ2) is 6.82. The fraction of sp³-hybridized carbons (Fsp3) is 0.0556. The van der Waals surface area contributed by atoms with E-state index in [0.717, 1.165) is 22.0 Å². The lowest BCUT2D eigenvalue weighted by Gasteiger charge is -2.02. The number of rotatable bonds is 5. The Kier molecular flexibility index (Phi) is 4.46. The van der Waals surface area contributed by atoms with Crippen molar-refractivity contribution in [1.82, 2.24) is 14.5 Å². The molecule has 0 amide bonds. The van der Waals surface area contributed by atoms with Gasteiger partial charge in [0, 0.05) is 29.4 Å². The molecule has 10 heteroatoms. The maximum atomic E-state index is 11.4. The summed E-state index contributed by atoms with van der Waals surface area (Å²) in [5, 5.41) is 17.2. The van der Waals surface area contributed by atoms with Crippen LogP contribution in [0.25, 0.3) is 16.0 Å². The number of primary sulfonamides is 1. The fourth-order valence-electron chi connectivity index (χ4n) is 2.93. The number of carboxylic acids is 1. The zero-order valence-corrected chi connectivity index (χ0v) is 15.9. The van der Waals surface area contributed by atoms with Crippen molar-refractivity contribution in [2.45, 2.75) is 11.3 Å². The molecule has 0 spiro atoms. The highest BCUT2D eigenvalue weighted by Gasteiger charge is 2.15. The molecular weight excluding hydrogens is 400 g/mol. The quantitative estimate of drug-likeness (QED) is 0.516. The highest BCUT2D eigenvalue weighted by atomic mass is 32.2. The number of aromatic nitrogens is 3. The average molecular weight is 414 g/mol. The van der Waals surface area contributed by atoms with Crippen LogP contribution in [0.3, 0.4) is 0 Å². The van der Waals surface area contributed by atoms with Gasteiger partial charge in [0.1, 0.15) is 0 Å². The van der Waals surface area contributed by atoms with Gasteiger partial charge in [0.25, 0.3) is 0 Å². The number of benzene rings is 1. The molecule has 0 bridgehead atoms. The summed E-state index contributed by atoms with van der Waals surface area (Å²) in [7, 11) is -3.73. The molecule has 4 aromatic rings. The largest absolute Gasteiger partial charge is 0.476 e. The van der Waals surface area contributed by atoms with E-state index in [-0.39, 0.29) is 10.6 Å². The lowest BCUT2D eigenvalue weighted by Crippen LogP contribution is -2.11. The number of pyridine rings is 1.